The third-order valence-corrected chi connectivity index (χ3v) is 2.81. The molecule has 0 radical (unpaired) electrons. The molecule has 12 heavy (non-hydrogen) atoms. The Kier molecular flexibility index (Phi) is 6.54. The van der Waals surface area contributed by atoms with Gasteiger partial charge < -0.3 is 0 Å². The van der Waals surface area contributed by atoms with Crippen molar-refractivity contribution >= 4 is 22.5 Å². The summed E-state index contributed by atoms with van der Waals surface area (Å²) in [4.78, 5) is 0. The summed E-state index contributed by atoms with van der Waals surface area (Å²) in [5.41, 5.74) is 0. The molecule has 0 aliphatic heterocycles. The standard InChI is InChI=1S/C6H16N4S2/c1-3-11-9-5-6-10-12(7,8)4-2/h3-4,9-10H,1-2,5-8H2. The van der Waals surface area contributed by atoms with Crippen LogP contribution in [0.15, 0.2) is 24.0 Å². The van der Waals surface area contributed by atoms with Crippen molar-refractivity contribution < 1.29 is 0 Å². The monoisotopic (exact) mass is 208 g/mol. The molecule has 0 aromatic heterocycles. The Hall–Kier alpha value is 0.0200. The highest BCUT2D eigenvalue weighted by molar-refractivity contribution is 8.30. The Morgan fingerprint density at radius 2 is 2.00 bits per heavy atom. The summed E-state index contributed by atoms with van der Waals surface area (Å²) in [6, 6.07) is 0. The maximum atomic E-state index is 5.61. The van der Waals surface area contributed by atoms with E-state index >= 15 is 0 Å². The van der Waals surface area contributed by atoms with Crippen molar-refractivity contribution in [2.24, 2.45) is 10.3 Å². The van der Waals surface area contributed by atoms with Crippen molar-refractivity contribution in [3.63, 3.8) is 0 Å². The second-order valence-corrected chi connectivity index (χ2v) is 5.00. The SMILES string of the molecule is C=CSNCCNS(N)(N)C=C. The van der Waals surface area contributed by atoms with Gasteiger partial charge in [0.05, 0.1) is 0 Å². The lowest BCUT2D eigenvalue weighted by atomic mass is 10.7. The summed E-state index contributed by atoms with van der Waals surface area (Å²) in [6.07, 6.45) is 0. The van der Waals surface area contributed by atoms with Gasteiger partial charge in [-0.2, -0.15) is 0 Å². The molecule has 6 N–H and O–H groups in total. The van der Waals surface area contributed by atoms with E-state index in [1.165, 1.54) is 11.9 Å². The van der Waals surface area contributed by atoms with E-state index in [-0.39, 0.29) is 0 Å². The summed E-state index contributed by atoms with van der Waals surface area (Å²) in [7, 11) is -1.77. The third kappa shape index (κ3) is 6.71. The van der Waals surface area contributed by atoms with Gasteiger partial charge in [-0.3, -0.25) is 19.7 Å². The lowest BCUT2D eigenvalue weighted by Crippen LogP contribution is -2.35. The van der Waals surface area contributed by atoms with Crippen molar-refractivity contribution in [1.29, 1.82) is 0 Å². The zero-order chi connectivity index (χ0) is 9.45. The molecule has 0 unspecified atom stereocenters. The predicted molar refractivity (Wildman–Crippen MR) is 60.0 cm³/mol. The second kappa shape index (κ2) is 6.53. The molecule has 0 heterocycles. The van der Waals surface area contributed by atoms with E-state index in [9.17, 15) is 0 Å². The van der Waals surface area contributed by atoms with E-state index in [4.69, 9.17) is 10.3 Å². The van der Waals surface area contributed by atoms with Gasteiger partial charge in [-0.05, 0) is 10.8 Å². The minimum Gasteiger partial charge on any atom is -0.269 e. The Morgan fingerprint density at radius 1 is 1.33 bits per heavy atom. The molecule has 0 saturated heterocycles. The number of nitrogens with one attached hydrogen (secondary N) is 2. The Labute approximate surface area is 79.7 Å². The minimum absolute atomic E-state index is 0.717. The van der Waals surface area contributed by atoms with E-state index < -0.39 is 10.6 Å². The van der Waals surface area contributed by atoms with Crippen molar-refractivity contribution in [1.82, 2.24) is 9.44 Å². The van der Waals surface area contributed by atoms with E-state index in [0.29, 0.717) is 0 Å². The van der Waals surface area contributed by atoms with E-state index in [2.05, 4.69) is 22.6 Å². The van der Waals surface area contributed by atoms with Crippen LogP contribution >= 0.6 is 22.5 Å². The zero-order valence-electron chi connectivity index (χ0n) is 6.95. The van der Waals surface area contributed by atoms with Gasteiger partial charge in [-0.15, -0.1) is 0 Å². The number of hydrogen-bond acceptors (Lipinski definition) is 5. The minimum atomic E-state index is -1.77. The van der Waals surface area contributed by atoms with Crippen LogP contribution in [0.4, 0.5) is 0 Å². The number of rotatable bonds is 7. The van der Waals surface area contributed by atoms with Gasteiger partial charge in [0.15, 0.2) is 0 Å². The molecule has 0 aromatic carbocycles. The van der Waals surface area contributed by atoms with Crippen LogP contribution in [0.2, 0.25) is 0 Å². The fraction of sp³-hybridized carbons (Fsp3) is 0.333. The number of hydrogen-bond donors (Lipinski definition) is 4. The highest BCUT2D eigenvalue weighted by Gasteiger charge is 2.03. The van der Waals surface area contributed by atoms with Crippen LogP contribution in [0, 0.1) is 0 Å². The van der Waals surface area contributed by atoms with Crippen LogP contribution < -0.4 is 19.7 Å². The normalized spacial score (nSPS) is 12.5. The van der Waals surface area contributed by atoms with Gasteiger partial charge in [-0.1, -0.05) is 35.7 Å². The highest BCUT2D eigenvalue weighted by Crippen LogP contribution is 2.23. The maximum Gasteiger partial charge on any atom is 0.0203 e. The van der Waals surface area contributed by atoms with Crippen LogP contribution in [0.25, 0.3) is 0 Å². The van der Waals surface area contributed by atoms with E-state index in [1.807, 2.05) is 0 Å². The molecular weight excluding hydrogens is 192 g/mol. The van der Waals surface area contributed by atoms with Gasteiger partial charge in [-0.25, -0.2) is 0 Å². The first-order valence-electron chi connectivity index (χ1n) is 3.37. The number of nitrogens with two attached hydrogens (primary N) is 2. The molecule has 0 bridgehead atoms. The molecule has 0 fully saturated rings. The average Bonchev–Trinajstić information content (AvgIpc) is 2.04. The van der Waals surface area contributed by atoms with Crippen molar-refractivity contribution in [2.45, 2.75) is 0 Å². The zero-order valence-corrected chi connectivity index (χ0v) is 8.59. The first-order valence-corrected chi connectivity index (χ1v) is 6.08. The molecule has 0 aliphatic carbocycles. The smallest absolute Gasteiger partial charge is 0.0203 e. The lowest BCUT2D eigenvalue weighted by Gasteiger charge is -2.27. The molecule has 0 saturated carbocycles. The molecule has 0 aromatic rings. The summed E-state index contributed by atoms with van der Waals surface area (Å²) >= 11 is 1.44. The molecule has 4 nitrogen and oxygen atoms in total. The van der Waals surface area contributed by atoms with Gasteiger partial charge >= 0.3 is 0 Å². The first-order chi connectivity index (χ1) is 5.62. The third-order valence-electron chi connectivity index (χ3n) is 1.02. The lowest BCUT2D eigenvalue weighted by molar-refractivity contribution is 0.866. The highest BCUT2D eigenvalue weighted by atomic mass is 32.3. The molecule has 0 atom stereocenters. The Morgan fingerprint density at radius 3 is 2.50 bits per heavy atom. The molecule has 72 valence electrons. The summed E-state index contributed by atoms with van der Waals surface area (Å²) in [5.74, 6) is 0. The molecular formula is C6H16N4S2. The predicted octanol–water partition coefficient (Wildman–Crippen LogP) is 0.568. The van der Waals surface area contributed by atoms with Gasteiger partial charge in [0, 0.05) is 13.1 Å². The van der Waals surface area contributed by atoms with Crippen LogP contribution in [-0.2, 0) is 0 Å². The van der Waals surface area contributed by atoms with E-state index in [1.54, 1.807) is 10.8 Å². The quantitative estimate of drug-likeness (QED) is 0.363. The van der Waals surface area contributed by atoms with Crippen LogP contribution in [0.5, 0.6) is 0 Å². The summed E-state index contributed by atoms with van der Waals surface area (Å²) < 4.78 is 6.01. The topological polar surface area (TPSA) is 76.1 Å². The van der Waals surface area contributed by atoms with Crippen LogP contribution in [0.3, 0.4) is 0 Å². The first kappa shape index (κ1) is 12.0. The average molecular weight is 208 g/mol. The molecule has 6 heteroatoms. The largest absolute Gasteiger partial charge is 0.269 e. The maximum absolute atomic E-state index is 5.61. The Bertz CT molecular complexity index is 148. The van der Waals surface area contributed by atoms with Crippen LogP contribution in [0.1, 0.15) is 0 Å². The van der Waals surface area contributed by atoms with Crippen molar-refractivity contribution in [3.8, 4) is 0 Å². The Balaban J connectivity index is 3.30. The fourth-order valence-electron chi connectivity index (χ4n) is 0.456. The second-order valence-electron chi connectivity index (χ2n) is 2.00. The van der Waals surface area contributed by atoms with Crippen molar-refractivity contribution in [3.05, 3.63) is 24.0 Å². The van der Waals surface area contributed by atoms with Gasteiger partial charge in [0.1, 0.15) is 0 Å². The van der Waals surface area contributed by atoms with E-state index in [0.717, 1.165) is 13.1 Å². The van der Waals surface area contributed by atoms with Gasteiger partial charge in [0.2, 0.25) is 0 Å². The summed E-state index contributed by atoms with van der Waals surface area (Å²) in [6.45, 7) is 8.58. The fourth-order valence-corrected chi connectivity index (χ4v) is 1.37. The van der Waals surface area contributed by atoms with Gasteiger partial charge in [0.25, 0.3) is 0 Å². The molecule has 0 rings (SSSR count). The van der Waals surface area contributed by atoms with Crippen LogP contribution in [-0.4, -0.2) is 13.1 Å². The molecule has 0 amide bonds. The summed E-state index contributed by atoms with van der Waals surface area (Å²) in [5, 5.41) is 14.5. The molecule has 0 spiro atoms. The molecule has 0 aliphatic rings. The van der Waals surface area contributed by atoms with Crippen molar-refractivity contribution in [2.75, 3.05) is 13.1 Å².